The number of benzene rings is 1. The van der Waals surface area contributed by atoms with Gasteiger partial charge in [-0.2, -0.15) is 0 Å². The van der Waals surface area contributed by atoms with E-state index in [4.69, 9.17) is 21.1 Å². The Balaban J connectivity index is 2.46. The maximum absolute atomic E-state index is 9.37. The maximum Gasteiger partial charge on any atom is 0.231 e. The minimum absolute atomic E-state index is 0.241. The molecule has 1 aliphatic rings. The second kappa shape index (κ2) is 3.91. The van der Waals surface area contributed by atoms with Gasteiger partial charge in [0.05, 0.1) is 6.10 Å². The summed E-state index contributed by atoms with van der Waals surface area (Å²) in [7, 11) is 0. The largest absolute Gasteiger partial charge is 0.454 e. The quantitative estimate of drug-likeness (QED) is 0.844. The number of rotatable bonds is 2. The molecule has 0 aromatic heterocycles. The zero-order valence-corrected chi connectivity index (χ0v) is 9.47. The van der Waals surface area contributed by atoms with Crippen molar-refractivity contribution in [2.24, 2.45) is 0 Å². The van der Waals surface area contributed by atoms with Crippen LogP contribution in [-0.4, -0.2) is 18.0 Å². The Morgan fingerprint density at radius 2 is 2.27 bits per heavy atom. The van der Waals surface area contributed by atoms with Gasteiger partial charge in [0.2, 0.25) is 6.79 Å². The van der Waals surface area contributed by atoms with Crippen LogP contribution in [0.25, 0.3) is 0 Å². The lowest BCUT2D eigenvalue weighted by Gasteiger charge is -2.12. The van der Waals surface area contributed by atoms with E-state index in [9.17, 15) is 5.11 Å². The van der Waals surface area contributed by atoms with Crippen molar-refractivity contribution in [1.29, 1.82) is 0 Å². The van der Waals surface area contributed by atoms with Crippen molar-refractivity contribution in [2.75, 3.05) is 6.79 Å². The minimum atomic E-state index is -0.415. The molecule has 4 heteroatoms. The van der Waals surface area contributed by atoms with E-state index in [1.54, 1.807) is 13.0 Å². The van der Waals surface area contributed by atoms with Crippen LogP contribution in [0.3, 0.4) is 0 Å². The molecule has 0 fully saturated rings. The molecule has 1 N–H and O–H groups in total. The molecule has 0 bridgehead atoms. The maximum atomic E-state index is 9.37. The van der Waals surface area contributed by atoms with Crippen LogP contribution in [0.15, 0.2) is 6.07 Å². The number of fused-ring (bicyclic) bond motifs is 1. The van der Waals surface area contributed by atoms with Crippen molar-refractivity contribution in [1.82, 2.24) is 0 Å². The molecule has 0 aliphatic carbocycles. The van der Waals surface area contributed by atoms with Gasteiger partial charge >= 0.3 is 0 Å². The van der Waals surface area contributed by atoms with Crippen LogP contribution in [0.1, 0.15) is 18.1 Å². The van der Waals surface area contributed by atoms with Crippen molar-refractivity contribution in [3.63, 3.8) is 0 Å². The highest BCUT2D eigenvalue weighted by Crippen LogP contribution is 2.41. The van der Waals surface area contributed by atoms with Crippen molar-refractivity contribution in [3.8, 4) is 11.5 Å². The fourth-order valence-corrected chi connectivity index (χ4v) is 2.07. The molecule has 1 aromatic carbocycles. The van der Waals surface area contributed by atoms with Gasteiger partial charge in [-0.05, 0) is 31.4 Å². The Bertz CT molecular complexity index is 388. The molecule has 1 unspecified atom stereocenters. The van der Waals surface area contributed by atoms with Crippen molar-refractivity contribution >= 4 is 11.6 Å². The van der Waals surface area contributed by atoms with Crippen LogP contribution in [0.4, 0.5) is 0 Å². The van der Waals surface area contributed by atoms with Crippen LogP contribution >= 0.6 is 11.6 Å². The lowest BCUT2D eigenvalue weighted by atomic mass is 10.0. The lowest BCUT2D eigenvalue weighted by molar-refractivity contribution is 0.173. The summed E-state index contributed by atoms with van der Waals surface area (Å²) in [6, 6.07) is 1.74. The highest BCUT2D eigenvalue weighted by Gasteiger charge is 2.21. The Morgan fingerprint density at radius 3 is 2.93 bits per heavy atom. The van der Waals surface area contributed by atoms with E-state index >= 15 is 0 Å². The Kier molecular flexibility index (Phi) is 2.76. The average Bonchev–Trinajstić information content (AvgIpc) is 2.59. The first kappa shape index (κ1) is 10.6. The van der Waals surface area contributed by atoms with Gasteiger partial charge in [-0.1, -0.05) is 11.6 Å². The highest BCUT2D eigenvalue weighted by molar-refractivity contribution is 6.31. The first-order valence-corrected chi connectivity index (χ1v) is 5.23. The predicted molar refractivity (Wildman–Crippen MR) is 57.7 cm³/mol. The van der Waals surface area contributed by atoms with Crippen LogP contribution in [0, 0.1) is 6.92 Å². The summed E-state index contributed by atoms with van der Waals surface area (Å²) in [6.45, 7) is 3.90. The third kappa shape index (κ3) is 1.90. The topological polar surface area (TPSA) is 38.7 Å². The molecule has 0 saturated heterocycles. The molecule has 82 valence electrons. The average molecular weight is 229 g/mol. The Hall–Kier alpha value is -0.930. The molecule has 1 aromatic rings. The molecule has 0 spiro atoms. The van der Waals surface area contributed by atoms with Crippen LogP contribution < -0.4 is 9.47 Å². The monoisotopic (exact) mass is 228 g/mol. The van der Waals surface area contributed by atoms with Crippen LogP contribution in [0.2, 0.25) is 5.02 Å². The smallest absolute Gasteiger partial charge is 0.231 e. The van der Waals surface area contributed by atoms with E-state index in [2.05, 4.69) is 0 Å². The number of hydrogen-bond donors (Lipinski definition) is 1. The van der Waals surface area contributed by atoms with Crippen molar-refractivity contribution in [2.45, 2.75) is 26.4 Å². The lowest BCUT2D eigenvalue weighted by Crippen LogP contribution is -2.06. The van der Waals surface area contributed by atoms with Crippen LogP contribution in [0.5, 0.6) is 11.5 Å². The van der Waals surface area contributed by atoms with E-state index < -0.39 is 6.10 Å². The van der Waals surface area contributed by atoms with Crippen molar-refractivity contribution < 1.29 is 14.6 Å². The van der Waals surface area contributed by atoms with Gasteiger partial charge in [-0.3, -0.25) is 0 Å². The van der Waals surface area contributed by atoms with E-state index in [1.165, 1.54) is 0 Å². The second-order valence-corrected chi connectivity index (χ2v) is 4.16. The van der Waals surface area contributed by atoms with Crippen LogP contribution in [-0.2, 0) is 6.42 Å². The standard InChI is InChI=1S/C11H13ClO3/c1-6(13)3-8-7(2)11-10(4-9(8)12)14-5-15-11/h4,6,13H,3,5H2,1-2H3. The third-order valence-electron chi connectivity index (χ3n) is 2.48. The molecule has 0 saturated carbocycles. The molecule has 1 atom stereocenters. The third-order valence-corrected chi connectivity index (χ3v) is 2.82. The van der Waals surface area contributed by atoms with Gasteiger partial charge in [0.1, 0.15) is 0 Å². The summed E-state index contributed by atoms with van der Waals surface area (Å²) in [5.41, 5.74) is 1.88. The summed E-state index contributed by atoms with van der Waals surface area (Å²) < 4.78 is 10.6. The number of aliphatic hydroxyl groups excluding tert-OH is 1. The van der Waals surface area contributed by atoms with Gasteiger partial charge in [-0.15, -0.1) is 0 Å². The number of hydrogen-bond acceptors (Lipinski definition) is 3. The van der Waals surface area contributed by atoms with Gasteiger partial charge in [0.25, 0.3) is 0 Å². The minimum Gasteiger partial charge on any atom is -0.454 e. The Labute approximate surface area is 93.6 Å². The number of halogens is 1. The summed E-state index contributed by atoms with van der Waals surface area (Å²) in [5.74, 6) is 1.43. The number of aliphatic hydroxyl groups is 1. The molecular weight excluding hydrogens is 216 g/mol. The first-order chi connectivity index (χ1) is 7.09. The van der Waals surface area contributed by atoms with Crippen molar-refractivity contribution in [3.05, 3.63) is 22.2 Å². The van der Waals surface area contributed by atoms with Gasteiger partial charge in [0.15, 0.2) is 11.5 Å². The SMILES string of the molecule is Cc1c(CC(C)O)c(Cl)cc2c1OCO2. The molecule has 2 rings (SSSR count). The molecule has 1 heterocycles. The zero-order chi connectivity index (χ0) is 11.0. The highest BCUT2D eigenvalue weighted by atomic mass is 35.5. The molecule has 1 aliphatic heterocycles. The molecule has 0 amide bonds. The van der Waals surface area contributed by atoms with E-state index in [0.717, 1.165) is 16.9 Å². The summed E-state index contributed by atoms with van der Waals surface area (Å²) in [6.07, 6.45) is 0.114. The van der Waals surface area contributed by atoms with E-state index in [1.807, 2.05) is 6.92 Å². The van der Waals surface area contributed by atoms with E-state index in [-0.39, 0.29) is 6.79 Å². The molecular formula is C11H13ClO3. The number of ether oxygens (including phenoxy) is 2. The summed E-state index contributed by atoms with van der Waals surface area (Å²) in [5, 5.41) is 10.00. The normalized spacial score (nSPS) is 15.5. The van der Waals surface area contributed by atoms with Gasteiger partial charge in [-0.25, -0.2) is 0 Å². The molecule has 0 radical (unpaired) electrons. The Morgan fingerprint density at radius 1 is 1.53 bits per heavy atom. The molecule has 3 nitrogen and oxygen atoms in total. The predicted octanol–water partition coefficient (Wildman–Crippen LogP) is 2.30. The van der Waals surface area contributed by atoms with E-state index in [0.29, 0.717) is 17.2 Å². The first-order valence-electron chi connectivity index (χ1n) is 4.85. The fraction of sp³-hybridized carbons (Fsp3) is 0.455. The van der Waals surface area contributed by atoms with Gasteiger partial charge in [0, 0.05) is 11.1 Å². The molecule has 15 heavy (non-hydrogen) atoms. The van der Waals surface area contributed by atoms with Gasteiger partial charge < -0.3 is 14.6 Å². The zero-order valence-electron chi connectivity index (χ0n) is 8.71. The summed E-state index contributed by atoms with van der Waals surface area (Å²) in [4.78, 5) is 0. The second-order valence-electron chi connectivity index (χ2n) is 3.75. The fourth-order valence-electron chi connectivity index (χ4n) is 1.75. The summed E-state index contributed by atoms with van der Waals surface area (Å²) >= 11 is 6.11.